The molecule has 0 saturated heterocycles. The van der Waals surface area contributed by atoms with Gasteiger partial charge in [0.15, 0.2) is 5.16 Å². The van der Waals surface area contributed by atoms with Gasteiger partial charge in [-0.15, -0.1) is 0 Å². The van der Waals surface area contributed by atoms with Crippen molar-refractivity contribution in [1.82, 2.24) is 15.0 Å². The van der Waals surface area contributed by atoms with Crippen LogP contribution in [0.4, 0.5) is 16.3 Å². The minimum absolute atomic E-state index is 0.113. The van der Waals surface area contributed by atoms with E-state index in [0.717, 1.165) is 18.0 Å². The molecule has 2 atom stereocenters. The minimum Gasteiger partial charge on any atom is -0.394 e. The summed E-state index contributed by atoms with van der Waals surface area (Å²) in [5.41, 5.74) is 0.407. The first-order valence-corrected chi connectivity index (χ1v) is 12.3. The highest BCUT2D eigenvalue weighted by Crippen LogP contribution is 2.35. The van der Waals surface area contributed by atoms with E-state index in [1.54, 1.807) is 19.1 Å². The van der Waals surface area contributed by atoms with Gasteiger partial charge in [0, 0.05) is 15.8 Å². The molecule has 1 heterocycles. The maximum atomic E-state index is 14.2. The van der Waals surface area contributed by atoms with Crippen LogP contribution in [0.2, 0.25) is 5.02 Å². The molecule has 0 bridgehead atoms. The van der Waals surface area contributed by atoms with E-state index in [1.165, 1.54) is 6.07 Å². The number of hydrogen-bond acceptors (Lipinski definition) is 8. The molecule has 3 N–H and O–H groups in total. The molecule has 0 unspecified atom stereocenters. The number of aliphatic hydroxyl groups excluding tert-OH is 1. The zero-order valence-corrected chi connectivity index (χ0v) is 19.4. The Bertz CT molecular complexity index is 978. The number of hydrogen-bond donors (Lipinski definition) is 3. The molecule has 0 fully saturated rings. The monoisotopic (exact) mass is 477 g/mol. The second-order valence-corrected chi connectivity index (χ2v) is 10.7. The van der Waals surface area contributed by atoms with E-state index in [0.29, 0.717) is 22.9 Å². The lowest BCUT2D eigenvalue weighted by Gasteiger charge is -2.19. The van der Waals surface area contributed by atoms with Crippen LogP contribution >= 0.6 is 23.4 Å². The number of nitrogens with zero attached hydrogens (tertiary/aromatic N) is 3. The quantitative estimate of drug-likeness (QED) is 0.443. The molecule has 0 aliphatic heterocycles. The first-order valence-electron chi connectivity index (χ1n) is 9.19. The van der Waals surface area contributed by atoms with Gasteiger partial charge in [-0.3, -0.25) is 4.72 Å². The average Bonchev–Trinajstić information content (AvgIpc) is 2.58. The molecule has 0 amide bonds. The molecule has 0 saturated carbocycles. The number of benzene rings is 1. The Morgan fingerprint density at radius 1 is 1.20 bits per heavy atom. The van der Waals surface area contributed by atoms with Crippen molar-refractivity contribution in [3.05, 3.63) is 34.6 Å². The Morgan fingerprint density at radius 3 is 2.43 bits per heavy atom. The smallest absolute Gasteiger partial charge is 0.242 e. The highest BCUT2D eigenvalue weighted by atomic mass is 35.5. The van der Waals surface area contributed by atoms with Crippen LogP contribution in [0.15, 0.2) is 23.4 Å². The van der Waals surface area contributed by atoms with E-state index in [4.69, 9.17) is 11.6 Å². The number of halogens is 2. The van der Waals surface area contributed by atoms with Gasteiger partial charge < -0.3 is 10.4 Å². The Hall–Kier alpha value is -1.69. The predicted octanol–water partition coefficient (Wildman–Crippen LogP) is 3.71. The summed E-state index contributed by atoms with van der Waals surface area (Å²) in [6.07, 6.45) is 1.64. The molecule has 1 aromatic heterocycles. The van der Waals surface area contributed by atoms with Gasteiger partial charge in [-0.25, -0.2) is 12.8 Å². The zero-order valence-electron chi connectivity index (χ0n) is 17.1. The van der Waals surface area contributed by atoms with E-state index in [9.17, 15) is 17.9 Å². The van der Waals surface area contributed by atoms with Crippen molar-refractivity contribution >= 4 is 45.3 Å². The summed E-state index contributed by atoms with van der Waals surface area (Å²) in [4.78, 5) is 12.5. The molecule has 0 radical (unpaired) electrons. The summed E-state index contributed by atoms with van der Waals surface area (Å²) in [5.74, 6) is -0.196. The number of nitrogens with one attached hydrogen (secondary N) is 2. The largest absolute Gasteiger partial charge is 0.394 e. The Morgan fingerprint density at radius 2 is 1.87 bits per heavy atom. The van der Waals surface area contributed by atoms with E-state index in [1.807, 2.05) is 13.8 Å². The molecule has 166 valence electrons. The Labute approximate surface area is 185 Å². The van der Waals surface area contributed by atoms with Crippen molar-refractivity contribution in [3.63, 3.8) is 0 Å². The number of aliphatic hydroxyl groups is 1. The highest BCUT2D eigenvalue weighted by molar-refractivity contribution is 7.99. The third-order valence-electron chi connectivity index (χ3n) is 3.88. The van der Waals surface area contributed by atoms with Crippen molar-refractivity contribution in [2.75, 3.05) is 22.9 Å². The fraction of sp³-hybridized carbons (Fsp3) is 0.500. The lowest BCUT2D eigenvalue weighted by molar-refractivity contribution is 0.259. The van der Waals surface area contributed by atoms with Gasteiger partial charge in [0.1, 0.15) is 5.82 Å². The summed E-state index contributed by atoms with van der Waals surface area (Å²) in [6, 6.07) is 4.08. The van der Waals surface area contributed by atoms with Crippen LogP contribution in [-0.2, 0) is 10.0 Å². The minimum atomic E-state index is -3.62. The van der Waals surface area contributed by atoms with E-state index < -0.39 is 15.8 Å². The fourth-order valence-electron chi connectivity index (χ4n) is 2.67. The number of thioether (sulfide) groups is 1. The summed E-state index contributed by atoms with van der Waals surface area (Å²) >= 11 is 6.95. The predicted molar refractivity (Wildman–Crippen MR) is 118 cm³/mol. The van der Waals surface area contributed by atoms with Crippen LogP contribution in [0.3, 0.4) is 0 Å². The van der Waals surface area contributed by atoms with Crippen LogP contribution in [-0.4, -0.2) is 47.4 Å². The lowest BCUT2D eigenvalue weighted by Crippen LogP contribution is -2.27. The van der Waals surface area contributed by atoms with Crippen molar-refractivity contribution in [2.24, 2.45) is 5.92 Å². The topological polar surface area (TPSA) is 117 Å². The number of rotatable bonds is 10. The summed E-state index contributed by atoms with van der Waals surface area (Å²) in [6.45, 7) is 5.65. The number of anilines is 2. The maximum Gasteiger partial charge on any atom is 0.242 e. The maximum absolute atomic E-state index is 14.2. The summed E-state index contributed by atoms with van der Waals surface area (Å²) in [5, 5.41) is 12.7. The van der Waals surface area contributed by atoms with Gasteiger partial charge in [-0.1, -0.05) is 43.3 Å². The second-order valence-electron chi connectivity index (χ2n) is 7.22. The van der Waals surface area contributed by atoms with Gasteiger partial charge in [-0.2, -0.15) is 15.0 Å². The average molecular weight is 478 g/mol. The molecule has 8 nitrogen and oxygen atoms in total. The standard InChI is InChI=1S/C18H25ClFN5O3S2/c1-10(2)7-13(9-26)21-16-22-17(25-30(4,27)28)24-18(23-16)29-11(3)14-6-5-12(19)8-15(14)20/h5-6,8,10-11,13,26H,7,9H2,1-4H3,(H2,21,22,23,24,25)/t11-,13-/m1/s1. The molecule has 1 aromatic carbocycles. The Balaban J connectivity index is 2.33. The van der Waals surface area contributed by atoms with Gasteiger partial charge in [0.2, 0.25) is 21.9 Å². The van der Waals surface area contributed by atoms with Crippen LogP contribution in [0.1, 0.15) is 38.0 Å². The van der Waals surface area contributed by atoms with Gasteiger partial charge in [0.25, 0.3) is 0 Å². The van der Waals surface area contributed by atoms with Gasteiger partial charge in [-0.05, 0) is 31.4 Å². The molecular weight excluding hydrogens is 453 g/mol. The zero-order chi connectivity index (χ0) is 22.5. The second kappa shape index (κ2) is 10.6. The third-order valence-corrected chi connectivity index (χ3v) is 5.67. The van der Waals surface area contributed by atoms with Crippen molar-refractivity contribution in [3.8, 4) is 0 Å². The van der Waals surface area contributed by atoms with Crippen LogP contribution < -0.4 is 10.0 Å². The van der Waals surface area contributed by atoms with Crippen molar-refractivity contribution in [1.29, 1.82) is 0 Å². The molecule has 12 heteroatoms. The van der Waals surface area contributed by atoms with E-state index in [2.05, 4.69) is 25.0 Å². The molecule has 0 aliphatic carbocycles. The van der Waals surface area contributed by atoms with Crippen molar-refractivity contribution in [2.45, 2.75) is 43.6 Å². The highest BCUT2D eigenvalue weighted by Gasteiger charge is 2.19. The molecular formula is C18H25ClFN5O3S2. The first-order chi connectivity index (χ1) is 14.0. The lowest BCUT2D eigenvalue weighted by atomic mass is 10.0. The molecule has 0 spiro atoms. The van der Waals surface area contributed by atoms with Crippen LogP contribution in [0.25, 0.3) is 0 Å². The van der Waals surface area contributed by atoms with Gasteiger partial charge in [0.05, 0.1) is 18.9 Å². The molecule has 30 heavy (non-hydrogen) atoms. The Kier molecular flexibility index (Phi) is 8.65. The third kappa shape index (κ3) is 7.86. The van der Waals surface area contributed by atoms with Crippen molar-refractivity contribution < 1.29 is 17.9 Å². The summed E-state index contributed by atoms with van der Waals surface area (Å²) < 4.78 is 39.7. The molecule has 2 aromatic rings. The number of aromatic nitrogens is 3. The molecule has 0 aliphatic rings. The van der Waals surface area contributed by atoms with Crippen LogP contribution in [0, 0.1) is 11.7 Å². The first kappa shape index (κ1) is 24.6. The van der Waals surface area contributed by atoms with E-state index >= 15 is 0 Å². The van der Waals surface area contributed by atoms with Gasteiger partial charge >= 0.3 is 0 Å². The summed E-state index contributed by atoms with van der Waals surface area (Å²) in [7, 11) is -3.62. The normalized spacial score (nSPS) is 13.9. The fourth-order valence-corrected chi connectivity index (χ4v) is 4.16. The SMILES string of the molecule is CC(C)C[C@H](CO)Nc1nc(NS(C)(=O)=O)nc(S[C@H](C)c2ccc(Cl)cc2F)n1. The van der Waals surface area contributed by atoms with Crippen LogP contribution in [0.5, 0.6) is 0 Å². The number of sulfonamides is 1. The van der Waals surface area contributed by atoms with E-state index in [-0.39, 0.29) is 35.0 Å². The molecule has 2 rings (SSSR count).